The van der Waals surface area contributed by atoms with E-state index in [1.54, 1.807) is 12.1 Å². The van der Waals surface area contributed by atoms with Crippen LogP contribution in [-0.4, -0.2) is 0 Å². The summed E-state index contributed by atoms with van der Waals surface area (Å²) < 4.78 is 20.1. The van der Waals surface area contributed by atoms with E-state index in [-0.39, 0.29) is 12.4 Å². The van der Waals surface area contributed by atoms with E-state index in [2.05, 4.69) is 15.9 Å². The Labute approximate surface area is 114 Å². The largest absolute Gasteiger partial charge is 0.488 e. The predicted octanol–water partition coefficient (Wildman–Crippen LogP) is 4.06. The number of nitrogens with two attached hydrogens (primary N) is 1. The molecule has 0 spiro atoms. The molecule has 0 amide bonds. The standard InChI is InChI=1S/C14H13BrFNO/c1-9-2-4-11(15)6-14(9)18-8-10-3-5-12(17)7-13(10)16/h2-7H,8,17H2,1H3. The SMILES string of the molecule is Cc1ccc(Br)cc1OCc1ccc(N)cc1F. The van der Waals surface area contributed by atoms with Gasteiger partial charge >= 0.3 is 0 Å². The van der Waals surface area contributed by atoms with Crippen molar-refractivity contribution < 1.29 is 9.13 Å². The summed E-state index contributed by atoms with van der Waals surface area (Å²) in [5.74, 6) is 0.392. The van der Waals surface area contributed by atoms with Crippen LogP contribution in [0.3, 0.4) is 0 Å². The molecule has 0 aliphatic rings. The van der Waals surface area contributed by atoms with Crippen molar-refractivity contribution in [3.63, 3.8) is 0 Å². The zero-order valence-electron chi connectivity index (χ0n) is 9.91. The molecule has 0 aliphatic heterocycles. The second-order valence-electron chi connectivity index (χ2n) is 4.05. The Hall–Kier alpha value is -1.55. The highest BCUT2D eigenvalue weighted by Gasteiger charge is 2.05. The fourth-order valence-electron chi connectivity index (χ4n) is 1.57. The molecule has 0 heterocycles. The van der Waals surface area contributed by atoms with Gasteiger partial charge in [-0.1, -0.05) is 28.1 Å². The number of hydrogen-bond acceptors (Lipinski definition) is 2. The van der Waals surface area contributed by atoms with Crippen LogP contribution < -0.4 is 10.5 Å². The Bertz CT molecular complexity index is 572. The molecular weight excluding hydrogens is 297 g/mol. The molecule has 18 heavy (non-hydrogen) atoms. The van der Waals surface area contributed by atoms with Gasteiger partial charge in [-0.2, -0.15) is 0 Å². The Balaban J connectivity index is 2.13. The molecule has 0 aliphatic carbocycles. The van der Waals surface area contributed by atoms with Gasteiger partial charge in [0, 0.05) is 15.7 Å². The first-order valence-electron chi connectivity index (χ1n) is 5.49. The van der Waals surface area contributed by atoms with E-state index in [1.165, 1.54) is 6.07 Å². The number of halogens is 2. The van der Waals surface area contributed by atoms with Crippen LogP contribution in [0.1, 0.15) is 11.1 Å². The molecular formula is C14H13BrFNO. The molecule has 2 N–H and O–H groups in total. The first-order chi connectivity index (χ1) is 8.56. The number of nitrogen functional groups attached to an aromatic ring is 1. The van der Waals surface area contributed by atoms with Crippen molar-refractivity contribution in [1.29, 1.82) is 0 Å². The van der Waals surface area contributed by atoms with Crippen molar-refractivity contribution >= 4 is 21.6 Å². The highest BCUT2D eigenvalue weighted by atomic mass is 79.9. The molecule has 0 saturated heterocycles. The van der Waals surface area contributed by atoms with Gasteiger partial charge in [-0.05, 0) is 36.8 Å². The smallest absolute Gasteiger partial charge is 0.131 e. The number of hydrogen-bond donors (Lipinski definition) is 1. The summed E-state index contributed by atoms with van der Waals surface area (Å²) in [6, 6.07) is 10.3. The summed E-state index contributed by atoms with van der Waals surface area (Å²) >= 11 is 3.38. The van der Waals surface area contributed by atoms with E-state index in [9.17, 15) is 4.39 Å². The number of aryl methyl sites for hydroxylation is 1. The molecule has 4 heteroatoms. The van der Waals surface area contributed by atoms with E-state index in [4.69, 9.17) is 10.5 Å². The second-order valence-corrected chi connectivity index (χ2v) is 4.97. The van der Waals surface area contributed by atoms with Crippen molar-refractivity contribution in [2.75, 3.05) is 5.73 Å². The second kappa shape index (κ2) is 5.40. The van der Waals surface area contributed by atoms with Gasteiger partial charge in [-0.25, -0.2) is 4.39 Å². The van der Waals surface area contributed by atoms with Gasteiger partial charge in [0.05, 0.1) is 0 Å². The minimum atomic E-state index is -0.345. The van der Waals surface area contributed by atoms with Gasteiger partial charge in [-0.3, -0.25) is 0 Å². The molecule has 0 atom stereocenters. The molecule has 0 unspecified atom stereocenters. The van der Waals surface area contributed by atoms with E-state index >= 15 is 0 Å². The van der Waals surface area contributed by atoms with Crippen molar-refractivity contribution in [1.82, 2.24) is 0 Å². The van der Waals surface area contributed by atoms with E-state index in [1.807, 2.05) is 25.1 Å². The molecule has 0 bridgehead atoms. The fraction of sp³-hybridized carbons (Fsp3) is 0.143. The molecule has 0 saturated carbocycles. The van der Waals surface area contributed by atoms with Crippen molar-refractivity contribution in [3.8, 4) is 5.75 Å². The maximum absolute atomic E-state index is 13.6. The maximum atomic E-state index is 13.6. The summed E-state index contributed by atoms with van der Waals surface area (Å²) in [5, 5.41) is 0. The highest BCUT2D eigenvalue weighted by Crippen LogP contribution is 2.24. The third-order valence-electron chi connectivity index (χ3n) is 2.61. The van der Waals surface area contributed by atoms with Crippen LogP contribution in [0.5, 0.6) is 5.75 Å². The van der Waals surface area contributed by atoms with Gasteiger partial charge < -0.3 is 10.5 Å². The molecule has 2 aromatic carbocycles. The van der Waals surface area contributed by atoms with Crippen LogP contribution in [0.2, 0.25) is 0 Å². The maximum Gasteiger partial charge on any atom is 0.131 e. The molecule has 2 rings (SSSR count). The van der Waals surface area contributed by atoms with Crippen LogP contribution in [0, 0.1) is 12.7 Å². The first kappa shape index (κ1) is 12.9. The summed E-state index contributed by atoms with van der Waals surface area (Å²) in [7, 11) is 0. The van der Waals surface area contributed by atoms with Crippen LogP contribution in [0.4, 0.5) is 10.1 Å². The Kier molecular flexibility index (Phi) is 3.87. The van der Waals surface area contributed by atoms with Gasteiger partial charge in [0.1, 0.15) is 18.2 Å². The zero-order valence-corrected chi connectivity index (χ0v) is 11.5. The predicted molar refractivity (Wildman–Crippen MR) is 74.0 cm³/mol. The van der Waals surface area contributed by atoms with Gasteiger partial charge in [0.2, 0.25) is 0 Å². The number of rotatable bonds is 3. The lowest BCUT2D eigenvalue weighted by atomic mass is 10.2. The molecule has 2 nitrogen and oxygen atoms in total. The molecule has 94 valence electrons. The molecule has 2 aromatic rings. The topological polar surface area (TPSA) is 35.2 Å². The average molecular weight is 310 g/mol. The van der Waals surface area contributed by atoms with Gasteiger partial charge in [0.15, 0.2) is 0 Å². The average Bonchev–Trinajstić information content (AvgIpc) is 2.32. The monoisotopic (exact) mass is 309 g/mol. The van der Waals surface area contributed by atoms with Crippen LogP contribution in [-0.2, 0) is 6.61 Å². The Morgan fingerprint density at radius 1 is 1.22 bits per heavy atom. The number of anilines is 1. The molecule has 0 radical (unpaired) electrons. The van der Waals surface area contributed by atoms with Gasteiger partial charge in [0.25, 0.3) is 0 Å². The zero-order chi connectivity index (χ0) is 13.1. The lowest BCUT2D eigenvalue weighted by Gasteiger charge is -2.10. The third-order valence-corrected chi connectivity index (χ3v) is 3.10. The highest BCUT2D eigenvalue weighted by molar-refractivity contribution is 9.10. The minimum Gasteiger partial charge on any atom is -0.488 e. The quantitative estimate of drug-likeness (QED) is 0.868. The van der Waals surface area contributed by atoms with E-state index < -0.39 is 0 Å². The Morgan fingerprint density at radius 2 is 2.00 bits per heavy atom. The Morgan fingerprint density at radius 3 is 2.72 bits per heavy atom. The number of ether oxygens (including phenoxy) is 1. The summed E-state index contributed by atoms with van der Waals surface area (Å²) in [6.45, 7) is 2.13. The fourth-order valence-corrected chi connectivity index (χ4v) is 1.91. The van der Waals surface area contributed by atoms with Crippen LogP contribution >= 0.6 is 15.9 Å². The van der Waals surface area contributed by atoms with Crippen LogP contribution in [0.25, 0.3) is 0 Å². The lowest BCUT2D eigenvalue weighted by molar-refractivity contribution is 0.297. The summed E-state index contributed by atoms with van der Waals surface area (Å²) in [6.07, 6.45) is 0. The van der Waals surface area contributed by atoms with E-state index in [0.29, 0.717) is 11.3 Å². The van der Waals surface area contributed by atoms with Crippen molar-refractivity contribution in [2.45, 2.75) is 13.5 Å². The molecule has 0 fully saturated rings. The third kappa shape index (κ3) is 3.01. The minimum absolute atomic E-state index is 0.184. The molecule has 0 aromatic heterocycles. The number of benzene rings is 2. The van der Waals surface area contributed by atoms with E-state index in [0.717, 1.165) is 15.8 Å². The summed E-state index contributed by atoms with van der Waals surface area (Å²) in [4.78, 5) is 0. The normalized spacial score (nSPS) is 10.4. The lowest BCUT2D eigenvalue weighted by Crippen LogP contribution is -2.00. The van der Waals surface area contributed by atoms with Crippen LogP contribution in [0.15, 0.2) is 40.9 Å². The van der Waals surface area contributed by atoms with Crippen molar-refractivity contribution in [3.05, 3.63) is 57.8 Å². The summed E-state index contributed by atoms with van der Waals surface area (Å²) in [5.41, 5.74) is 7.40. The van der Waals surface area contributed by atoms with Gasteiger partial charge in [-0.15, -0.1) is 0 Å². The first-order valence-corrected chi connectivity index (χ1v) is 6.28. The van der Waals surface area contributed by atoms with Crippen molar-refractivity contribution in [2.24, 2.45) is 0 Å².